The van der Waals surface area contributed by atoms with Gasteiger partial charge in [-0.3, -0.25) is 4.98 Å². The maximum atomic E-state index is 5.31. The first-order valence-electron chi connectivity index (χ1n) is 15.5. The monoisotopic (exact) mass is 585 g/mol. The van der Waals surface area contributed by atoms with Crippen LogP contribution < -0.4 is 0 Å². The van der Waals surface area contributed by atoms with Gasteiger partial charge in [-0.1, -0.05) is 133 Å². The fourth-order valence-electron chi connectivity index (χ4n) is 6.70. The lowest BCUT2D eigenvalue weighted by Gasteiger charge is -2.15. The molecule has 2 aromatic heterocycles. The van der Waals surface area contributed by atoms with Crippen molar-refractivity contribution in [3.8, 4) is 45.0 Å². The average Bonchev–Trinajstić information content (AvgIpc) is 3.14. The molecule has 0 saturated heterocycles. The predicted octanol–water partition coefficient (Wildman–Crippen LogP) is 11.2. The maximum Gasteiger partial charge on any atom is 0.160 e. The van der Waals surface area contributed by atoms with Gasteiger partial charge in [0.15, 0.2) is 5.82 Å². The molecule has 0 saturated carbocycles. The van der Waals surface area contributed by atoms with E-state index in [2.05, 4.69) is 151 Å². The second kappa shape index (κ2) is 10.8. The van der Waals surface area contributed by atoms with E-state index in [0.29, 0.717) is 5.82 Å². The summed E-state index contributed by atoms with van der Waals surface area (Å²) < 4.78 is 0. The van der Waals surface area contributed by atoms with Gasteiger partial charge in [0.1, 0.15) is 0 Å². The highest BCUT2D eigenvalue weighted by Crippen LogP contribution is 2.40. The molecular formula is C43H27N3. The van der Waals surface area contributed by atoms with Crippen molar-refractivity contribution in [3.63, 3.8) is 0 Å². The van der Waals surface area contributed by atoms with Crippen LogP contribution in [0.15, 0.2) is 164 Å². The molecule has 3 heteroatoms. The SMILES string of the molecule is c1ccc(-c2cc(-c3c4ccccc4cc4c3ccc3ccccc34)nc(-c3ccc(-c4ccnc5ccccc45)cc3)n2)cc1. The highest BCUT2D eigenvalue weighted by molar-refractivity contribution is 6.19. The number of benzene rings is 7. The van der Waals surface area contributed by atoms with Gasteiger partial charge in [-0.05, 0) is 67.7 Å². The Morgan fingerprint density at radius 2 is 1.04 bits per heavy atom. The third kappa shape index (κ3) is 4.41. The summed E-state index contributed by atoms with van der Waals surface area (Å²) in [6, 6.07) is 55.5. The van der Waals surface area contributed by atoms with E-state index in [4.69, 9.17) is 9.97 Å². The van der Waals surface area contributed by atoms with Crippen LogP contribution in [0.2, 0.25) is 0 Å². The standard InChI is InChI=1S/C43H27N3/c1-2-11-30(12-3-1)40-27-41(42-35-15-7-5-13-32(35)26-38-33-14-6-4-10-28(33)22-23-37(38)42)46-43(45-40)31-20-18-29(19-21-31)34-24-25-44-39-17-9-8-16-36(34)39/h1-27H. The van der Waals surface area contributed by atoms with Gasteiger partial charge in [0.25, 0.3) is 0 Å². The predicted molar refractivity (Wildman–Crippen MR) is 192 cm³/mol. The zero-order valence-electron chi connectivity index (χ0n) is 24.9. The minimum atomic E-state index is 0.698. The van der Waals surface area contributed by atoms with E-state index in [-0.39, 0.29) is 0 Å². The van der Waals surface area contributed by atoms with Gasteiger partial charge in [-0.25, -0.2) is 9.97 Å². The number of rotatable bonds is 4. The number of fused-ring (bicyclic) bond motifs is 5. The Bertz CT molecular complexity index is 2570. The first-order chi connectivity index (χ1) is 22.8. The molecule has 0 spiro atoms. The fraction of sp³-hybridized carbons (Fsp3) is 0. The van der Waals surface area contributed by atoms with Crippen molar-refractivity contribution in [2.75, 3.05) is 0 Å². The first kappa shape index (κ1) is 26.2. The van der Waals surface area contributed by atoms with Crippen LogP contribution in [-0.4, -0.2) is 15.0 Å². The minimum absolute atomic E-state index is 0.698. The van der Waals surface area contributed by atoms with Crippen LogP contribution in [0.1, 0.15) is 0 Å². The van der Waals surface area contributed by atoms with Crippen molar-refractivity contribution in [1.29, 1.82) is 0 Å². The third-order valence-electron chi connectivity index (χ3n) is 8.92. The van der Waals surface area contributed by atoms with Crippen molar-refractivity contribution < 1.29 is 0 Å². The second-order valence-corrected chi connectivity index (χ2v) is 11.6. The zero-order valence-corrected chi connectivity index (χ0v) is 24.9. The Labute approximate surface area is 266 Å². The van der Waals surface area contributed by atoms with Crippen molar-refractivity contribution in [1.82, 2.24) is 15.0 Å². The molecular weight excluding hydrogens is 558 g/mol. The normalized spacial score (nSPS) is 11.5. The van der Waals surface area contributed by atoms with E-state index >= 15 is 0 Å². The molecule has 3 nitrogen and oxygen atoms in total. The summed E-state index contributed by atoms with van der Waals surface area (Å²) in [6.45, 7) is 0. The van der Waals surface area contributed by atoms with E-state index < -0.39 is 0 Å². The Morgan fingerprint density at radius 3 is 1.89 bits per heavy atom. The van der Waals surface area contributed by atoms with E-state index in [9.17, 15) is 0 Å². The summed E-state index contributed by atoms with van der Waals surface area (Å²) in [5, 5.41) is 8.38. The summed E-state index contributed by atoms with van der Waals surface area (Å²) in [7, 11) is 0. The molecule has 9 rings (SSSR count). The molecule has 46 heavy (non-hydrogen) atoms. The Hall–Kier alpha value is -6.19. The lowest BCUT2D eigenvalue weighted by molar-refractivity contribution is 1.19. The number of para-hydroxylation sites is 1. The number of aromatic nitrogens is 3. The molecule has 0 bridgehead atoms. The average molecular weight is 586 g/mol. The largest absolute Gasteiger partial charge is 0.256 e. The van der Waals surface area contributed by atoms with Gasteiger partial charge in [-0.15, -0.1) is 0 Å². The number of hydrogen-bond donors (Lipinski definition) is 0. The van der Waals surface area contributed by atoms with Gasteiger partial charge >= 0.3 is 0 Å². The van der Waals surface area contributed by atoms with E-state index in [1.54, 1.807) is 0 Å². The molecule has 214 valence electrons. The van der Waals surface area contributed by atoms with Crippen molar-refractivity contribution in [2.24, 2.45) is 0 Å². The fourth-order valence-corrected chi connectivity index (χ4v) is 6.70. The summed E-state index contributed by atoms with van der Waals surface area (Å²) in [6.07, 6.45) is 1.88. The first-order valence-corrected chi connectivity index (χ1v) is 15.5. The highest BCUT2D eigenvalue weighted by Gasteiger charge is 2.17. The highest BCUT2D eigenvalue weighted by atomic mass is 14.9. The van der Waals surface area contributed by atoms with Crippen LogP contribution in [0.3, 0.4) is 0 Å². The van der Waals surface area contributed by atoms with Crippen molar-refractivity contribution >= 4 is 43.2 Å². The van der Waals surface area contributed by atoms with E-state index in [1.165, 1.54) is 32.3 Å². The van der Waals surface area contributed by atoms with Crippen LogP contribution in [0.5, 0.6) is 0 Å². The summed E-state index contributed by atoms with van der Waals surface area (Å²) >= 11 is 0. The maximum absolute atomic E-state index is 5.31. The quantitative estimate of drug-likeness (QED) is 0.152. The van der Waals surface area contributed by atoms with Crippen LogP contribution in [0.25, 0.3) is 88.2 Å². The van der Waals surface area contributed by atoms with Crippen LogP contribution in [0.4, 0.5) is 0 Å². The molecule has 0 aliphatic carbocycles. The van der Waals surface area contributed by atoms with Crippen LogP contribution >= 0.6 is 0 Å². The number of pyridine rings is 1. The molecule has 0 unspecified atom stereocenters. The Balaban J connectivity index is 1.28. The van der Waals surface area contributed by atoms with Crippen LogP contribution in [-0.2, 0) is 0 Å². The molecule has 0 aliphatic heterocycles. The molecule has 2 heterocycles. The molecule has 7 aromatic carbocycles. The zero-order chi connectivity index (χ0) is 30.5. The molecule has 0 atom stereocenters. The molecule has 9 aromatic rings. The number of nitrogens with zero attached hydrogens (tertiary/aromatic N) is 3. The van der Waals surface area contributed by atoms with E-state index in [1.807, 2.05) is 18.3 Å². The lowest BCUT2D eigenvalue weighted by atomic mass is 9.91. The van der Waals surface area contributed by atoms with Crippen molar-refractivity contribution in [2.45, 2.75) is 0 Å². The van der Waals surface area contributed by atoms with Crippen LogP contribution in [0, 0.1) is 0 Å². The molecule has 0 fully saturated rings. The van der Waals surface area contributed by atoms with Gasteiger partial charge in [0.05, 0.1) is 16.9 Å². The number of hydrogen-bond acceptors (Lipinski definition) is 3. The van der Waals surface area contributed by atoms with Gasteiger partial charge < -0.3 is 0 Å². The Kier molecular flexibility index (Phi) is 6.14. The van der Waals surface area contributed by atoms with Gasteiger partial charge in [-0.2, -0.15) is 0 Å². The summed E-state index contributed by atoms with van der Waals surface area (Å²) in [5.74, 6) is 0.698. The lowest BCUT2D eigenvalue weighted by Crippen LogP contribution is -1.97. The Morgan fingerprint density at radius 1 is 0.370 bits per heavy atom. The summed E-state index contributed by atoms with van der Waals surface area (Å²) in [4.78, 5) is 15.0. The molecule has 0 radical (unpaired) electrons. The molecule has 0 aliphatic rings. The minimum Gasteiger partial charge on any atom is -0.256 e. The second-order valence-electron chi connectivity index (χ2n) is 11.6. The smallest absolute Gasteiger partial charge is 0.160 e. The van der Waals surface area contributed by atoms with Crippen molar-refractivity contribution in [3.05, 3.63) is 164 Å². The molecule has 0 amide bonds. The third-order valence-corrected chi connectivity index (χ3v) is 8.92. The molecule has 0 N–H and O–H groups in total. The summed E-state index contributed by atoms with van der Waals surface area (Å²) in [5.41, 5.74) is 8.23. The van der Waals surface area contributed by atoms with Gasteiger partial charge in [0, 0.05) is 28.3 Å². The van der Waals surface area contributed by atoms with E-state index in [0.717, 1.165) is 50.1 Å². The topological polar surface area (TPSA) is 38.7 Å². The van der Waals surface area contributed by atoms with Gasteiger partial charge in [0.2, 0.25) is 0 Å².